The Morgan fingerprint density at radius 1 is 1.00 bits per heavy atom. The zero-order valence-corrected chi connectivity index (χ0v) is 10.9. The van der Waals surface area contributed by atoms with Gasteiger partial charge in [0.05, 0.1) is 12.6 Å². The molecule has 2 heteroatoms. The van der Waals surface area contributed by atoms with Crippen molar-refractivity contribution in [3.05, 3.63) is 65.2 Å². The first-order valence-corrected chi connectivity index (χ1v) is 6.19. The van der Waals surface area contributed by atoms with Gasteiger partial charge in [-0.3, -0.25) is 0 Å². The van der Waals surface area contributed by atoms with Crippen LogP contribution in [0.2, 0.25) is 0 Å². The molecule has 0 aliphatic carbocycles. The standard InChI is InChI=1S/C16H19NO/c1-12-6-8-14(9-7-12)16(11-18)17-15-5-3-4-13(2)10-15/h3-10,16-18H,11H2,1-2H3. The van der Waals surface area contributed by atoms with E-state index in [1.165, 1.54) is 11.1 Å². The van der Waals surface area contributed by atoms with Crippen molar-refractivity contribution in [2.45, 2.75) is 19.9 Å². The summed E-state index contributed by atoms with van der Waals surface area (Å²) < 4.78 is 0. The second-order valence-electron chi connectivity index (χ2n) is 4.66. The monoisotopic (exact) mass is 241 g/mol. The van der Waals surface area contributed by atoms with Crippen LogP contribution in [0, 0.1) is 13.8 Å². The highest BCUT2D eigenvalue weighted by molar-refractivity contribution is 5.47. The molecular formula is C16H19NO. The summed E-state index contributed by atoms with van der Waals surface area (Å²) in [5, 5.41) is 12.9. The normalized spacial score (nSPS) is 12.2. The number of hydrogen-bond donors (Lipinski definition) is 2. The van der Waals surface area contributed by atoms with Gasteiger partial charge in [-0.1, -0.05) is 42.0 Å². The third-order valence-corrected chi connectivity index (χ3v) is 3.02. The zero-order valence-electron chi connectivity index (χ0n) is 10.9. The Hall–Kier alpha value is -1.80. The van der Waals surface area contributed by atoms with E-state index in [9.17, 15) is 5.11 Å². The van der Waals surface area contributed by atoms with Crippen molar-refractivity contribution in [3.63, 3.8) is 0 Å². The van der Waals surface area contributed by atoms with E-state index in [1.807, 2.05) is 12.1 Å². The predicted molar refractivity (Wildman–Crippen MR) is 75.8 cm³/mol. The first kappa shape index (κ1) is 12.7. The first-order valence-electron chi connectivity index (χ1n) is 6.19. The third-order valence-electron chi connectivity index (χ3n) is 3.02. The molecule has 0 aliphatic heterocycles. The lowest BCUT2D eigenvalue weighted by molar-refractivity contribution is 0.276. The minimum Gasteiger partial charge on any atom is -0.394 e. The molecule has 0 fully saturated rings. The van der Waals surface area contributed by atoms with E-state index < -0.39 is 0 Å². The quantitative estimate of drug-likeness (QED) is 0.859. The molecule has 1 atom stereocenters. The summed E-state index contributed by atoms with van der Waals surface area (Å²) in [4.78, 5) is 0. The van der Waals surface area contributed by atoms with Crippen molar-refractivity contribution in [1.29, 1.82) is 0 Å². The van der Waals surface area contributed by atoms with Crippen molar-refractivity contribution in [2.24, 2.45) is 0 Å². The fourth-order valence-corrected chi connectivity index (χ4v) is 1.97. The Morgan fingerprint density at radius 3 is 2.33 bits per heavy atom. The van der Waals surface area contributed by atoms with E-state index in [0.717, 1.165) is 11.3 Å². The number of aryl methyl sites for hydroxylation is 2. The second kappa shape index (κ2) is 5.69. The van der Waals surface area contributed by atoms with E-state index in [1.54, 1.807) is 0 Å². The number of aliphatic hydroxyl groups is 1. The number of aliphatic hydroxyl groups excluding tert-OH is 1. The summed E-state index contributed by atoms with van der Waals surface area (Å²) in [5.41, 5.74) is 4.57. The lowest BCUT2D eigenvalue weighted by atomic mass is 10.1. The fraction of sp³-hybridized carbons (Fsp3) is 0.250. The smallest absolute Gasteiger partial charge is 0.0745 e. The van der Waals surface area contributed by atoms with Gasteiger partial charge in [-0.25, -0.2) is 0 Å². The van der Waals surface area contributed by atoms with Gasteiger partial charge in [0.25, 0.3) is 0 Å². The predicted octanol–water partition coefficient (Wildman–Crippen LogP) is 3.45. The second-order valence-corrected chi connectivity index (χ2v) is 4.66. The average Bonchev–Trinajstić information content (AvgIpc) is 2.37. The van der Waals surface area contributed by atoms with Gasteiger partial charge in [-0.05, 0) is 37.1 Å². The molecule has 18 heavy (non-hydrogen) atoms. The summed E-state index contributed by atoms with van der Waals surface area (Å²) >= 11 is 0. The molecule has 0 bridgehead atoms. The summed E-state index contributed by atoms with van der Waals surface area (Å²) in [6.45, 7) is 4.20. The fourth-order valence-electron chi connectivity index (χ4n) is 1.97. The molecule has 0 heterocycles. The van der Waals surface area contributed by atoms with Crippen LogP contribution in [0.1, 0.15) is 22.7 Å². The molecule has 94 valence electrons. The summed E-state index contributed by atoms with van der Waals surface area (Å²) in [6.07, 6.45) is 0. The maximum absolute atomic E-state index is 9.52. The highest BCUT2D eigenvalue weighted by atomic mass is 16.3. The molecular weight excluding hydrogens is 222 g/mol. The van der Waals surface area contributed by atoms with Crippen LogP contribution in [0.4, 0.5) is 5.69 Å². The van der Waals surface area contributed by atoms with Crippen molar-refractivity contribution in [2.75, 3.05) is 11.9 Å². The van der Waals surface area contributed by atoms with Crippen LogP contribution >= 0.6 is 0 Å². The topological polar surface area (TPSA) is 32.3 Å². The largest absolute Gasteiger partial charge is 0.394 e. The number of hydrogen-bond acceptors (Lipinski definition) is 2. The molecule has 2 N–H and O–H groups in total. The highest BCUT2D eigenvalue weighted by Crippen LogP contribution is 2.20. The Labute approximate surface area is 108 Å². The number of rotatable bonds is 4. The van der Waals surface area contributed by atoms with Gasteiger partial charge in [0.1, 0.15) is 0 Å². The Morgan fingerprint density at radius 2 is 1.72 bits per heavy atom. The molecule has 2 aromatic rings. The molecule has 2 nitrogen and oxygen atoms in total. The van der Waals surface area contributed by atoms with Gasteiger partial charge in [-0.2, -0.15) is 0 Å². The van der Waals surface area contributed by atoms with E-state index in [0.29, 0.717) is 0 Å². The van der Waals surface area contributed by atoms with Gasteiger partial charge in [0.15, 0.2) is 0 Å². The van der Waals surface area contributed by atoms with E-state index >= 15 is 0 Å². The van der Waals surface area contributed by atoms with Crippen LogP contribution in [0.25, 0.3) is 0 Å². The van der Waals surface area contributed by atoms with Gasteiger partial charge in [0.2, 0.25) is 0 Å². The molecule has 0 amide bonds. The molecule has 0 aliphatic rings. The third kappa shape index (κ3) is 3.11. The van der Waals surface area contributed by atoms with Crippen LogP contribution in [0.5, 0.6) is 0 Å². The molecule has 0 radical (unpaired) electrons. The van der Waals surface area contributed by atoms with Crippen molar-refractivity contribution in [3.8, 4) is 0 Å². The summed E-state index contributed by atoms with van der Waals surface area (Å²) in [6, 6.07) is 16.4. The molecule has 0 saturated heterocycles. The molecule has 2 rings (SSSR count). The van der Waals surface area contributed by atoms with Gasteiger partial charge in [-0.15, -0.1) is 0 Å². The van der Waals surface area contributed by atoms with E-state index in [4.69, 9.17) is 0 Å². The van der Waals surface area contributed by atoms with Gasteiger partial charge in [0, 0.05) is 5.69 Å². The van der Waals surface area contributed by atoms with Gasteiger partial charge < -0.3 is 10.4 Å². The van der Waals surface area contributed by atoms with Crippen LogP contribution in [0.3, 0.4) is 0 Å². The summed E-state index contributed by atoms with van der Waals surface area (Å²) in [7, 11) is 0. The molecule has 0 aromatic heterocycles. The van der Waals surface area contributed by atoms with Crippen molar-refractivity contribution >= 4 is 5.69 Å². The number of nitrogens with one attached hydrogen (secondary N) is 1. The Bertz CT molecular complexity index is 505. The maximum atomic E-state index is 9.52. The minimum atomic E-state index is -0.0626. The van der Waals surface area contributed by atoms with Crippen LogP contribution in [-0.4, -0.2) is 11.7 Å². The Balaban J connectivity index is 2.17. The number of benzene rings is 2. The van der Waals surface area contributed by atoms with E-state index in [-0.39, 0.29) is 12.6 Å². The first-order chi connectivity index (χ1) is 8.69. The SMILES string of the molecule is Cc1ccc(C(CO)Nc2cccc(C)c2)cc1. The molecule has 1 unspecified atom stereocenters. The Kier molecular flexibility index (Phi) is 4.00. The van der Waals surface area contributed by atoms with Crippen LogP contribution < -0.4 is 5.32 Å². The average molecular weight is 241 g/mol. The van der Waals surface area contributed by atoms with Crippen LogP contribution in [-0.2, 0) is 0 Å². The zero-order chi connectivity index (χ0) is 13.0. The van der Waals surface area contributed by atoms with Gasteiger partial charge >= 0.3 is 0 Å². The maximum Gasteiger partial charge on any atom is 0.0745 e. The minimum absolute atomic E-state index is 0.0626. The molecule has 0 saturated carbocycles. The van der Waals surface area contributed by atoms with Crippen molar-refractivity contribution < 1.29 is 5.11 Å². The molecule has 2 aromatic carbocycles. The molecule has 0 spiro atoms. The van der Waals surface area contributed by atoms with Crippen LogP contribution in [0.15, 0.2) is 48.5 Å². The highest BCUT2D eigenvalue weighted by Gasteiger charge is 2.09. The lowest BCUT2D eigenvalue weighted by Crippen LogP contribution is -2.14. The summed E-state index contributed by atoms with van der Waals surface area (Å²) in [5.74, 6) is 0. The lowest BCUT2D eigenvalue weighted by Gasteiger charge is -2.18. The number of anilines is 1. The van der Waals surface area contributed by atoms with E-state index in [2.05, 4.69) is 55.6 Å². The van der Waals surface area contributed by atoms with Crippen molar-refractivity contribution in [1.82, 2.24) is 0 Å².